The summed E-state index contributed by atoms with van der Waals surface area (Å²) in [7, 11) is 0. The fraction of sp³-hybridized carbons (Fsp3) is 0.417. The van der Waals surface area contributed by atoms with Crippen LogP contribution in [0.5, 0.6) is 0 Å². The third-order valence-corrected chi connectivity index (χ3v) is 6.58. The number of fused-ring (bicyclic) bond motifs is 1. The Balaban J connectivity index is 1.16. The summed E-state index contributed by atoms with van der Waals surface area (Å²) in [6, 6.07) is 8.94. The maximum absolute atomic E-state index is 12.7. The van der Waals surface area contributed by atoms with Gasteiger partial charge in [0, 0.05) is 38.6 Å². The van der Waals surface area contributed by atoms with Crippen molar-refractivity contribution in [3.63, 3.8) is 0 Å². The Kier molecular flexibility index (Phi) is 5.72. The van der Waals surface area contributed by atoms with Gasteiger partial charge in [0.2, 0.25) is 11.9 Å². The van der Waals surface area contributed by atoms with E-state index in [9.17, 15) is 9.59 Å². The van der Waals surface area contributed by atoms with Crippen LogP contribution < -0.4 is 10.2 Å². The van der Waals surface area contributed by atoms with Crippen LogP contribution in [-0.2, 0) is 5.54 Å². The minimum Gasteiger partial charge on any atom is -0.352 e. The normalized spacial score (nSPS) is 16.8. The highest BCUT2D eigenvalue weighted by atomic mass is 16.2. The summed E-state index contributed by atoms with van der Waals surface area (Å²) in [5.41, 5.74) is 0.774. The van der Waals surface area contributed by atoms with Crippen molar-refractivity contribution in [1.29, 1.82) is 0 Å². The summed E-state index contributed by atoms with van der Waals surface area (Å²) in [5.74, 6) is 1.04. The first-order chi connectivity index (χ1) is 16.4. The second-order valence-corrected chi connectivity index (χ2v) is 9.42. The second kappa shape index (κ2) is 8.85. The first-order valence-corrected chi connectivity index (χ1v) is 11.6. The van der Waals surface area contributed by atoms with Crippen molar-refractivity contribution in [2.75, 3.05) is 36.4 Å². The largest absolute Gasteiger partial charge is 0.352 e. The highest BCUT2D eigenvalue weighted by molar-refractivity contribution is 6.21. The molecule has 1 fully saturated rings. The maximum Gasteiger partial charge on any atom is 0.261 e. The van der Waals surface area contributed by atoms with Crippen LogP contribution in [0.25, 0.3) is 0 Å². The number of rotatable bonds is 7. The fourth-order valence-corrected chi connectivity index (χ4v) is 4.51. The molecular weight excluding hydrogens is 432 g/mol. The van der Waals surface area contributed by atoms with E-state index in [1.165, 1.54) is 11.2 Å². The number of amides is 2. The van der Waals surface area contributed by atoms with Gasteiger partial charge in [0.15, 0.2) is 0 Å². The number of carbonyl (C=O) groups excluding carboxylic acids is 2. The van der Waals surface area contributed by atoms with Gasteiger partial charge in [-0.15, -0.1) is 0 Å². The van der Waals surface area contributed by atoms with Crippen LogP contribution in [0.3, 0.4) is 0 Å². The molecule has 2 aliphatic heterocycles. The minimum absolute atomic E-state index is 0.186. The topological polar surface area (TPSA) is 109 Å². The molecule has 3 aromatic rings. The minimum atomic E-state index is -0.237. The summed E-state index contributed by atoms with van der Waals surface area (Å²) in [6.45, 7) is 6.77. The zero-order valence-electron chi connectivity index (χ0n) is 19.4. The standard InChI is InChI=1S/C24H28N8O2/c1-24(2,32-11-5-10-28-32)15-25-22-26-16-27-23(29-22)30-12-8-17(9-13-30)14-31-20(33)18-6-3-4-7-19(18)21(31)34/h3-7,10-11,16-17H,8-9,12-15H2,1-2H3,(H,25,26,27,29). The van der Waals surface area contributed by atoms with Crippen LogP contribution in [0.2, 0.25) is 0 Å². The summed E-state index contributed by atoms with van der Waals surface area (Å²) < 4.78 is 1.90. The second-order valence-electron chi connectivity index (χ2n) is 9.42. The van der Waals surface area contributed by atoms with Gasteiger partial charge in [-0.3, -0.25) is 19.2 Å². The molecule has 0 aliphatic carbocycles. The molecule has 2 aliphatic rings. The van der Waals surface area contributed by atoms with E-state index in [0.717, 1.165) is 25.9 Å². The predicted molar refractivity (Wildman–Crippen MR) is 127 cm³/mol. The van der Waals surface area contributed by atoms with E-state index < -0.39 is 0 Å². The molecule has 0 spiro atoms. The molecule has 0 radical (unpaired) electrons. The van der Waals surface area contributed by atoms with E-state index in [1.54, 1.807) is 30.5 Å². The molecule has 0 saturated carbocycles. The summed E-state index contributed by atoms with van der Waals surface area (Å²) >= 11 is 0. The van der Waals surface area contributed by atoms with E-state index in [0.29, 0.717) is 36.1 Å². The lowest BCUT2D eigenvalue weighted by atomic mass is 9.96. The lowest BCUT2D eigenvalue weighted by Gasteiger charge is -2.33. The number of hydrogen-bond donors (Lipinski definition) is 1. The maximum atomic E-state index is 12.7. The molecule has 34 heavy (non-hydrogen) atoms. The van der Waals surface area contributed by atoms with Gasteiger partial charge in [0.25, 0.3) is 11.8 Å². The van der Waals surface area contributed by atoms with Crippen LogP contribution in [0.15, 0.2) is 49.1 Å². The monoisotopic (exact) mass is 460 g/mol. The lowest BCUT2D eigenvalue weighted by Crippen LogP contribution is -2.41. The molecule has 2 aromatic heterocycles. The van der Waals surface area contributed by atoms with Gasteiger partial charge in [-0.25, -0.2) is 9.97 Å². The number of anilines is 2. The van der Waals surface area contributed by atoms with Gasteiger partial charge in [-0.1, -0.05) is 12.1 Å². The molecule has 1 saturated heterocycles. The molecule has 0 bridgehead atoms. The van der Waals surface area contributed by atoms with Gasteiger partial charge in [-0.2, -0.15) is 10.1 Å². The molecule has 0 atom stereocenters. The smallest absolute Gasteiger partial charge is 0.261 e. The van der Waals surface area contributed by atoms with E-state index in [2.05, 4.69) is 44.1 Å². The number of nitrogens with zero attached hydrogens (tertiary/aromatic N) is 7. The van der Waals surface area contributed by atoms with Crippen LogP contribution in [0.4, 0.5) is 11.9 Å². The molecule has 1 N–H and O–H groups in total. The number of piperidine rings is 1. The highest BCUT2D eigenvalue weighted by Gasteiger charge is 2.37. The van der Waals surface area contributed by atoms with Crippen molar-refractivity contribution in [1.82, 2.24) is 29.6 Å². The number of carbonyl (C=O) groups is 2. The average Bonchev–Trinajstić information content (AvgIpc) is 3.49. The van der Waals surface area contributed by atoms with Crippen molar-refractivity contribution in [3.8, 4) is 0 Å². The number of aromatic nitrogens is 5. The average molecular weight is 461 g/mol. The van der Waals surface area contributed by atoms with Gasteiger partial charge < -0.3 is 10.2 Å². The molecule has 10 heteroatoms. The molecule has 4 heterocycles. The summed E-state index contributed by atoms with van der Waals surface area (Å²) in [4.78, 5) is 42.1. The first-order valence-electron chi connectivity index (χ1n) is 11.6. The quantitative estimate of drug-likeness (QED) is 0.536. The Bertz CT molecular complexity index is 1150. The first kappa shape index (κ1) is 22.0. The number of imide groups is 1. The van der Waals surface area contributed by atoms with Crippen molar-refractivity contribution >= 4 is 23.7 Å². The van der Waals surface area contributed by atoms with Gasteiger partial charge >= 0.3 is 0 Å². The van der Waals surface area contributed by atoms with Crippen LogP contribution in [0.1, 0.15) is 47.4 Å². The lowest BCUT2D eigenvalue weighted by molar-refractivity contribution is 0.0621. The summed E-state index contributed by atoms with van der Waals surface area (Å²) in [6.07, 6.45) is 6.94. The zero-order chi connectivity index (χ0) is 23.7. The van der Waals surface area contributed by atoms with Crippen molar-refractivity contribution in [2.24, 2.45) is 5.92 Å². The number of hydrogen-bond acceptors (Lipinski definition) is 8. The van der Waals surface area contributed by atoms with Crippen LogP contribution in [0, 0.1) is 5.92 Å². The van der Waals surface area contributed by atoms with Crippen LogP contribution in [-0.4, -0.2) is 67.6 Å². The molecule has 1 aromatic carbocycles. The van der Waals surface area contributed by atoms with E-state index >= 15 is 0 Å². The SMILES string of the molecule is CC(C)(CNc1ncnc(N2CCC(CN3C(=O)c4ccccc4C3=O)CC2)n1)n1cccn1. The van der Waals surface area contributed by atoms with Crippen molar-refractivity contribution in [2.45, 2.75) is 32.2 Å². The fourth-order valence-electron chi connectivity index (χ4n) is 4.51. The highest BCUT2D eigenvalue weighted by Crippen LogP contribution is 2.27. The van der Waals surface area contributed by atoms with Gasteiger partial charge in [0.1, 0.15) is 6.33 Å². The Morgan fingerprint density at radius 2 is 1.74 bits per heavy atom. The molecular formula is C24H28N8O2. The Hall–Kier alpha value is -3.82. The number of benzene rings is 1. The predicted octanol–water partition coefficient (Wildman–Crippen LogP) is 2.43. The molecule has 0 unspecified atom stereocenters. The van der Waals surface area contributed by atoms with Gasteiger partial charge in [0.05, 0.1) is 16.7 Å². The number of nitrogens with one attached hydrogen (secondary N) is 1. The van der Waals surface area contributed by atoms with E-state index in [-0.39, 0.29) is 23.3 Å². The van der Waals surface area contributed by atoms with Crippen molar-refractivity contribution < 1.29 is 9.59 Å². The Morgan fingerprint density at radius 1 is 1.03 bits per heavy atom. The molecule has 10 nitrogen and oxygen atoms in total. The third kappa shape index (κ3) is 4.23. The van der Waals surface area contributed by atoms with E-state index in [4.69, 9.17) is 0 Å². The van der Waals surface area contributed by atoms with Gasteiger partial charge in [-0.05, 0) is 50.8 Å². The zero-order valence-corrected chi connectivity index (χ0v) is 19.4. The molecule has 5 rings (SSSR count). The molecule has 2 amide bonds. The van der Waals surface area contributed by atoms with Crippen molar-refractivity contribution in [3.05, 3.63) is 60.2 Å². The Labute approximate surface area is 198 Å². The van der Waals surface area contributed by atoms with E-state index in [1.807, 2.05) is 16.9 Å². The summed E-state index contributed by atoms with van der Waals surface area (Å²) in [5, 5.41) is 7.62. The Morgan fingerprint density at radius 3 is 2.38 bits per heavy atom. The van der Waals surface area contributed by atoms with Crippen LogP contribution >= 0.6 is 0 Å². The third-order valence-electron chi connectivity index (χ3n) is 6.58. The molecule has 176 valence electrons.